The lowest BCUT2D eigenvalue weighted by Gasteiger charge is -2.23. The maximum Gasteiger partial charge on any atom is 0.326 e. The first-order valence-corrected chi connectivity index (χ1v) is 8.83. The molecule has 0 saturated heterocycles. The van der Waals surface area contributed by atoms with Crippen LogP contribution in [0.4, 0.5) is 0 Å². The molecule has 5 unspecified atom stereocenters. The molecule has 0 fully saturated rings. The largest absolute Gasteiger partial charge is 0.481 e. The molecule has 170 valence electrons. The first-order chi connectivity index (χ1) is 13.8. The molecule has 0 aromatic heterocycles. The number of aliphatic carboxylic acids is 2. The minimum absolute atomic E-state index is 0.272. The molecule has 14 heteroatoms. The summed E-state index contributed by atoms with van der Waals surface area (Å²) in [5.74, 6) is -6.58. The van der Waals surface area contributed by atoms with Crippen LogP contribution >= 0.6 is 0 Å². The Balaban J connectivity index is 5.08. The van der Waals surface area contributed by atoms with Crippen LogP contribution in [-0.2, 0) is 28.8 Å². The standard InChI is InChI=1S/C16H27N5O9/c1-6(13(26)20-8(16(29)30)3-4-10(17)23)19-14(27)9(5-11(24)25)21-15(28)12(18)7(2)22/h6-9,12,22H,3-5,18H2,1-2H3,(H2,17,23)(H,19,27)(H,20,26)(H,21,28)(H,24,25)(H,29,30). The highest BCUT2D eigenvalue weighted by molar-refractivity contribution is 5.95. The van der Waals surface area contributed by atoms with Crippen molar-refractivity contribution >= 4 is 35.6 Å². The zero-order valence-corrected chi connectivity index (χ0v) is 16.5. The summed E-state index contributed by atoms with van der Waals surface area (Å²) in [6.07, 6.45) is -2.67. The number of amides is 4. The minimum atomic E-state index is -1.61. The lowest BCUT2D eigenvalue weighted by molar-refractivity contribution is -0.143. The summed E-state index contributed by atoms with van der Waals surface area (Å²) >= 11 is 0. The molecule has 5 atom stereocenters. The van der Waals surface area contributed by atoms with E-state index in [0.29, 0.717) is 0 Å². The van der Waals surface area contributed by atoms with E-state index < -0.39 is 72.3 Å². The number of nitrogens with two attached hydrogens (primary N) is 2. The Hall–Kier alpha value is -3.26. The average molecular weight is 433 g/mol. The number of aliphatic hydroxyl groups excluding tert-OH is 1. The van der Waals surface area contributed by atoms with Crippen molar-refractivity contribution in [3.05, 3.63) is 0 Å². The summed E-state index contributed by atoms with van der Waals surface area (Å²) in [7, 11) is 0. The Labute approximate surface area is 171 Å². The van der Waals surface area contributed by atoms with Crippen LogP contribution in [-0.4, -0.2) is 81.2 Å². The fraction of sp³-hybridized carbons (Fsp3) is 0.625. The fourth-order valence-electron chi connectivity index (χ4n) is 2.09. The molecular weight excluding hydrogens is 406 g/mol. The second kappa shape index (κ2) is 12.3. The van der Waals surface area contributed by atoms with Crippen LogP contribution in [0.5, 0.6) is 0 Å². The van der Waals surface area contributed by atoms with Crippen LogP contribution < -0.4 is 27.4 Å². The highest BCUT2D eigenvalue weighted by atomic mass is 16.4. The summed E-state index contributed by atoms with van der Waals surface area (Å²) in [5, 5.41) is 33.7. The van der Waals surface area contributed by atoms with E-state index in [4.69, 9.17) is 21.7 Å². The van der Waals surface area contributed by atoms with Crippen molar-refractivity contribution in [3.63, 3.8) is 0 Å². The van der Waals surface area contributed by atoms with Crippen molar-refractivity contribution < 1.29 is 44.1 Å². The molecule has 0 aliphatic carbocycles. The number of carboxylic acid groups (broad SMARTS) is 2. The molecule has 0 aromatic carbocycles. The van der Waals surface area contributed by atoms with Crippen molar-refractivity contribution in [2.24, 2.45) is 11.5 Å². The van der Waals surface area contributed by atoms with Crippen molar-refractivity contribution in [3.8, 4) is 0 Å². The minimum Gasteiger partial charge on any atom is -0.481 e. The molecule has 0 aliphatic heterocycles. The quantitative estimate of drug-likeness (QED) is 0.140. The molecule has 0 radical (unpaired) electrons. The predicted molar refractivity (Wildman–Crippen MR) is 99.4 cm³/mol. The second-order valence-corrected chi connectivity index (χ2v) is 6.56. The molecule has 0 bridgehead atoms. The van der Waals surface area contributed by atoms with Gasteiger partial charge in [0.2, 0.25) is 23.6 Å². The second-order valence-electron chi connectivity index (χ2n) is 6.56. The fourth-order valence-corrected chi connectivity index (χ4v) is 2.09. The third-order valence-corrected chi connectivity index (χ3v) is 3.88. The van der Waals surface area contributed by atoms with Crippen molar-refractivity contribution in [2.45, 2.75) is 63.4 Å². The number of rotatable bonds is 13. The van der Waals surface area contributed by atoms with E-state index in [9.17, 15) is 33.9 Å². The lowest BCUT2D eigenvalue weighted by atomic mass is 10.1. The van der Waals surface area contributed by atoms with Gasteiger partial charge in [-0.2, -0.15) is 0 Å². The van der Waals surface area contributed by atoms with Gasteiger partial charge in [-0.3, -0.25) is 24.0 Å². The van der Waals surface area contributed by atoms with Crippen LogP contribution in [0.3, 0.4) is 0 Å². The summed E-state index contributed by atoms with van der Waals surface area (Å²) in [4.78, 5) is 69.3. The van der Waals surface area contributed by atoms with Crippen LogP contribution in [0.2, 0.25) is 0 Å². The summed E-state index contributed by atoms with van der Waals surface area (Å²) in [6.45, 7) is 2.42. The van der Waals surface area contributed by atoms with E-state index >= 15 is 0 Å². The van der Waals surface area contributed by atoms with Gasteiger partial charge in [-0.05, 0) is 20.3 Å². The highest BCUT2D eigenvalue weighted by Gasteiger charge is 2.30. The smallest absolute Gasteiger partial charge is 0.326 e. The summed E-state index contributed by atoms with van der Waals surface area (Å²) < 4.78 is 0. The van der Waals surface area contributed by atoms with Gasteiger partial charge in [0, 0.05) is 6.42 Å². The number of hydrogen-bond acceptors (Lipinski definition) is 8. The van der Waals surface area contributed by atoms with Gasteiger partial charge in [0.15, 0.2) is 0 Å². The van der Waals surface area contributed by atoms with Gasteiger partial charge in [0.25, 0.3) is 0 Å². The van der Waals surface area contributed by atoms with E-state index in [-0.39, 0.29) is 12.8 Å². The third-order valence-electron chi connectivity index (χ3n) is 3.88. The van der Waals surface area contributed by atoms with Crippen molar-refractivity contribution in [1.29, 1.82) is 0 Å². The zero-order valence-electron chi connectivity index (χ0n) is 16.5. The van der Waals surface area contributed by atoms with E-state index in [1.54, 1.807) is 0 Å². The maximum absolute atomic E-state index is 12.3. The number of carboxylic acids is 2. The number of carbonyl (C=O) groups is 6. The molecule has 30 heavy (non-hydrogen) atoms. The molecule has 0 aromatic rings. The van der Waals surface area contributed by atoms with Gasteiger partial charge in [-0.1, -0.05) is 0 Å². The SMILES string of the molecule is CC(NC(=O)C(CC(=O)O)NC(=O)C(N)C(C)O)C(=O)NC(CCC(N)=O)C(=O)O. The van der Waals surface area contributed by atoms with Gasteiger partial charge < -0.3 is 42.7 Å². The first-order valence-electron chi connectivity index (χ1n) is 8.83. The van der Waals surface area contributed by atoms with Gasteiger partial charge in [0.05, 0.1) is 12.5 Å². The number of carbonyl (C=O) groups excluding carboxylic acids is 4. The van der Waals surface area contributed by atoms with E-state index in [1.165, 1.54) is 13.8 Å². The maximum atomic E-state index is 12.3. The van der Waals surface area contributed by atoms with E-state index in [2.05, 4.69) is 16.0 Å². The number of aliphatic hydroxyl groups is 1. The van der Waals surface area contributed by atoms with Crippen LogP contribution in [0, 0.1) is 0 Å². The molecule has 4 amide bonds. The van der Waals surface area contributed by atoms with Gasteiger partial charge in [-0.25, -0.2) is 4.79 Å². The van der Waals surface area contributed by atoms with Crippen LogP contribution in [0.15, 0.2) is 0 Å². The Kier molecular flexibility index (Phi) is 11.0. The Bertz CT molecular complexity index is 682. The number of hydrogen-bond donors (Lipinski definition) is 8. The van der Waals surface area contributed by atoms with Crippen LogP contribution in [0.1, 0.15) is 33.1 Å². The predicted octanol–water partition coefficient (Wildman–Crippen LogP) is -4.01. The molecule has 0 saturated carbocycles. The lowest BCUT2D eigenvalue weighted by Crippen LogP contribution is -2.57. The third kappa shape index (κ3) is 9.79. The Morgan fingerprint density at radius 2 is 1.40 bits per heavy atom. The normalized spacial score (nSPS) is 15.6. The molecule has 0 spiro atoms. The summed E-state index contributed by atoms with van der Waals surface area (Å²) in [5.41, 5.74) is 10.4. The Morgan fingerprint density at radius 1 is 0.867 bits per heavy atom. The molecule has 0 heterocycles. The molecule has 10 N–H and O–H groups in total. The average Bonchev–Trinajstić information content (AvgIpc) is 2.62. The number of nitrogens with one attached hydrogen (secondary N) is 3. The van der Waals surface area contributed by atoms with Crippen molar-refractivity contribution in [1.82, 2.24) is 16.0 Å². The first kappa shape index (κ1) is 26.7. The molecule has 14 nitrogen and oxygen atoms in total. The molecular formula is C16H27N5O9. The topological polar surface area (TPSA) is 251 Å². The van der Waals surface area contributed by atoms with E-state index in [0.717, 1.165) is 0 Å². The van der Waals surface area contributed by atoms with Gasteiger partial charge in [0.1, 0.15) is 24.2 Å². The Morgan fingerprint density at radius 3 is 1.83 bits per heavy atom. The monoisotopic (exact) mass is 433 g/mol. The molecule has 0 rings (SSSR count). The zero-order chi connectivity index (χ0) is 23.6. The van der Waals surface area contributed by atoms with Gasteiger partial charge >= 0.3 is 11.9 Å². The highest BCUT2D eigenvalue weighted by Crippen LogP contribution is 2.01. The van der Waals surface area contributed by atoms with Crippen LogP contribution in [0.25, 0.3) is 0 Å². The number of primary amides is 1. The van der Waals surface area contributed by atoms with E-state index in [1.807, 2.05) is 0 Å². The summed E-state index contributed by atoms with van der Waals surface area (Å²) in [6, 6.07) is -5.79. The van der Waals surface area contributed by atoms with Gasteiger partial charge in [-0.15, -0.1) is 0 Å². The molecule has 0 aliphatic rings. The van der Waals surface area contributed by atoms with Crippen molar-refractivity contribution in [2.75, 3.05) is 0 Å².